The molecule has 0 aliphatic carbocycles. The molecule has 0 unspecified atom stereocenters. The molecule has 0 saturated carbocycles. The largest absolute Gasteiger partial charge is 0.417 e. The lowest BCUT2D eigenvalue weighted by Crippen LogP contribution is -2.57. The van der Waals surface area contributed by atoms with Crippen LogP contribution in [-0.4, -0.2) is 165 Å². The molecule has 3 aromatic carbocycles. The number of likely N-dealkylation sites (tertiary alicyclic amines) is 1. The van der Waals surface area contributed by atoms with Crippen molar-refractivity contribution >= 4 is 63.8 Å². The first-order valence-corrected chi connectivity index (χ1v) is 30.0. The number of thiazole rings is 1. The molecule has 3 saturated heterocycles. The number of rotatable bonds is 17. The molecule has 9 rings (SSSR count). The Labute approximate surface area is 501 Å². The number of likely N-dealkylation sites (N-methyl/N-ethyl adjacent to an activating group) is 1. The van der Waals surface area contributed by atoms with E-state index in [1.807, 2.05) is 88.7 Å². The number of anilines is 3. The van der Waals surface area contributed by atoms with Crippen molar-refractivity contribution in [2.75, 3.05) is 81.1 Å². The quantitative estimate of drug-likeness (QED) is 0.0656. The number of amides is 5. The van der Waals surface area contributed by atoms with Gasteiger partial charge in [0.25, 0.3) is 5.91 Å². The van der Waals surface area contributed by atoms with E-state index in [9.17, 15) is 46.6 Å². The maximum absolute atomic E-state index is 16.3. The first-order valence-electron chi connectivity index (χ1n) is 29.1. The first kappa shape index (κ1) is 63.1. The average molecular weight is 1210 g/mol. The lowest BCUT2D eigenvalue weighted by Gasteiger charge is -2.44. The van der Waals surface area contributed by atoms with Gasteiger partial charge in [-0.05, 0) is 93.1 Å². The van der Waals surface area contributed by atoms with Gasteiger partial charge in [-0.3, -0.25) is 33.8 Å². The summed E-state index contributed by atoms with van der Waals surface area (Å²) in [4.78, 5) is 94.1. The van der Waals surface area contributed by atoms with Gasteiger partial charge in [-0.2, -0.15) is 13.2 Å². The van der Waals surface area contributed by atoms with Crippen LogP contribution in [0.25, 0.3) is 16.0 Å². The van der Waals surface area contributed by atoms with Gasteiger partial charge in [0.2, 0.25) is 29.6 Å². The van der Waals surface area contributed by atoms with E-state index >= 15 is 4.39 Å². The summed E-state index contributed by atoms with van der Waals surface area (Å²) >= 11 is 1.56. The van der Waals surface area contributed by atoms with Crippen LogP contribution in [0.5, 0.6) is 0 Å². The van der Waals surface area contributed by atoms with E-state index in [-0.39, 0.29) is 74.1 Å². The SMILES string of the molecule is Cc1ncsc1-c1ccc(CNC(=O)[C@@H]2C[C@@H](O)CN2C(=O)[C@@H](NC(=O)CCCC(=O)N2CCN(Cc3cnc(N4CC=C(c5cc(NC(=O)c6ccc(F)cc6C(F)(F)F)c(N6C[C@@H](C)N(C)[C@@H](C)C6)cc5F)CC4)nc3)CC2)C(C)(C)C)cc1. The number of halogens is 5. The summed E-state index contributed by atoms with van der Waals surface area (Å²) < 4.78 is 72.4. The van der Waals surface area contributed by atoms with Crippen LogP contribution in [0.4, 0.5) is 39.3 Å². The van der Waals surface area contributed by atoms with Gasteiger partial charge < -0.3 is 40.7 Å². The van der Waals surface area contributed by atoms with Gasteiger partial charge >= 0.3 is 6.18 Å². The second-order valence-electron chi connectivity index (χ2n) is 24.0. The molecule has 0 spiro atoms. The summed E-state index contributed by atoms with van der Waals surface area (Å²) in [5.74, 6) is -3.68. The van der Waals surface area contributed by atoms with Gasteiger partial charge in [-0.15, -0.1) is 11.3 Å². The van der Waals surface area contributed by atoms with Crippen molar-refractivity contribution in [2.24, 2.45) is 5.41 Å². The summed E-state index contributed by atoms with van der Waals surface area (Å²) in [6, 6.07) is 10.6. The summed E-state index contributed by atoms with van der Waals surface area (Å²) in [5.41, 5.74) is 3.85. The number of hydrogen-bond donors (Lipinski definition) is 4. The average Bonchev–Trinajstić information content (AvgIpc) is 1.61. The zero-order valence-electron chi connectivity index (χ0n) is 49.5. The summed E-state index contributed by atoms with van der Waals surface area (Å²) in [7, 11) is 1.98. The highest BCUT2D eigenvalue weighted by Gasteiger charge is 2.45. The second-order valence-corrected chi connectivity index (χ2v) is 24.9. The van der Waals surface area contributed by atoms with Crippen molar-refractivity contribution in [2.45, 2.75) is 123 Å². The van der Waals surface area contributed by atoms with Crippen molar-refractivity contribution < 1.29 is 51.0 Å². The molecule has 2 aromatic heterocycles. The molecule has 0 radical (unpaired) electrons. The Kier molecular flexibility index (Phi) is 19.6. The molecule has 24 heteroatoms. The smallest absolute Gasteiger partial charge is 0.391 e. The molecular formula is C62H75F5N12O6S. The number of aliphatic hydroxyl groups excluding tert-OH is 1. The number of alkyl halides is 3. The number of hydrogen-bond acceptors (Lipinski definition) is 14. The van der Waals surface area contributed by atoms with Gasteiger partial charge in [-0.1, -0.05) is 51.1 Å². The fraction of sp³-hybridized carbons (Fsp3) is 0.484. The molecule has 6 heterocycles. The second kappa shape index (κ2) is 26.7. The Morgan fingerprint density at radius 2 is 1.53 bits per heavy atom. The number of aromatic nitrogens is 3. The number of nitrogens with zero attached hydrogens (tertiary/aromatic N) is 9. The molecule has 4 aliphatic rings. The van der Waals surface area contributed by atoms with Gasteiger partial charge in [0.15, 0.2) is 0 Å². The van der Waals surface area contributed by atoms with Crippen LogP contribution in [0.15, 0.2) is 78.6 Å². The third-order valence-corrected chi connectivity index (χ3v) is 17.7. The van der Waals surface area contributed by atoms with Crippen LogP contribution in [-0.2, 0) is 38.4 Å². The van der Waals surface area contributed by atoms with E-state index in [4.69, 9.17) is 0 Å². The number of aliphatic hydroxyl groups is 1. The van der Waals surface area contributed by atoms with Gasteiger partial charge in [-0.25, -0.2) is 23.7 Å². The number of benzene rings is 3. The number of carbonyl (C=O) groups excluding carboxylic acids is 5. The van der Waals surface area contributed by atoms with Gasteiger partial charge in [0, 0.05) is 127 Å². The van der Waals surface area contributed by atoms with Crippen LogP contribution >= 0.6 is 11.3 Å². The Morgan fingerprint density at radius 1 is 0.837 bits per heavy atom. The highest BCUT2D eigenvalue weighted by molar-refractivity contribution is 7.13. The zero-order valence-corrected chi connectivity index (χ0v) is 50.3. The third-order valence-electron chi connectivity index (χ3n) is 16.7. The molecule has 18 nitrogen and oxygen atoms in total. The maximum atomic E-state index is 16.3. The fourth-order valence-electron chi connectivity index (χ4n) is 11.6. The molecule has 86 heavy (non-hydrogen) atoms. The van der Waals surface area contributed by atoms with Crippen LogP contribution in [0.2, 0.25) is 0 Å². The van der Waals surface area contributed by atoms with Gasteiger partial charge in [0.1, 0.15) is 23.7 Å². The molecular weight excluding hydrogens is 1140 g/mol. The van der Waals surface area contributed by atoms with Crippen molar-refractivity contribution in [3.8, 4) is 10.4 Å². The molecule has 3 fully saturated rings. The minimum atomic E-state index is -5.01. The number of piperazine rings is 2. The highest BCUT2D eigenvalue weighted by atomic mass is 32.1. The minimum Gasteiger partial charge on any atom is -0.391 e. The van der Waals surface area contributed by atoms with E-state index < -0.39 is 76.2 Å². The molecule has 5 atom stereocenters. The lowest BCUT2D eigenvalue weighted by molar-refractivity contribution is -0.144. The van der Waals surface area contributed by atoms with Crippen LogP contribution < -0.4 is 25.8 Å². The molecule has 5 aromatic rings. The number of nitrogens with one attached hydrogen (secondary N) is 3. The Balaban J connectivity index is 0.734. The summed E-state index contributed by atoms with van der Waals surface area (Å²) in [5, 5.41) is 19.1. The predicted octanol–water partition coefficient (Wildman–Crippen LogP) is 7.90. The van der Waals surface area contributed by atoms with E-state index in [0.29, 0.717) is 82.5 Å². The van der Waals surface area contributed by atoms with Crippen LogP contribution in [0.3, 0.4) is 0 Å². The summed E-state index contributed by atoms with van der Waals surface area (Å²) in [6.45, 7) is 16.0. The zero-order chi connectivity index (χ0) is 61.8. The predicted molar refractivity (Wildman–Crippen MR) is 319 cm³/mol. The van der Waals surface area contributed by atoms with Crippen molar-refractivity contribution in [3.63, 3.8) is 0 Å². The van der Waals surface area contributed by atoms with Crippen LogP contribution in [0, 0.1) is 24.0 Å². The summed E-state index contributed by atoms with van der Waals surface area (Å²) in [6.07, 6.45) is 0.267. The number of aryl methyl sites for hydroxylation is 1. The van der Waals surface area contributed by atoms with Crippen LogP contribution in [0.1, 0.15) is 105 Å². The highest BCUT2D eigenvalue weighted by Crippen LogP contribution is 2.39. The first-order chi connectivity index (χ1) is 40.8. The van der Waals surface area contributed by atoms with E-state index in [1.165, 1.54) is 17.0 Å². The molecule has 460 valence electrons. The normalized spacial score (nSPS) is 20.2. The van der Waals surface area contributed by atoms with Crippen molar-refractivity contribution in [1.29, 1.82) is 0 Å². The van der Waals surface area contributed by atoms with E-state index in [2.05, 4.69) is 40.7 Å². The molecule has 5 amide bonds. The Hall–Kier alpha value is -7.41. The van der Waals surface area contributed by atoms with Crippen molar-refractivity contribution in [1.82, 2.24) is 45.2 Å². The standard InChI is InChI=1S/C62H75F5N12O6S/c1-37-32-78(33-38(2)74(37)7)51-28-49(64)47(27-50(51)72-57(83)46-16-15-44(63)25-48(46)62(65,66)67)42-17-19-77(20-18-42)60-69-30-41(31-70-60)34-75-21-23-76(24-22-75)54(82)10-8-9-53(81)73-56(61(4,5)6)59(85)79-35-45(80)26-52(79)58(84)68-29-40-11-13-43(14-12-40)55-39(3)71-36-86-55/h11-17,25,27-28,30-31,36-38,45,52,56,80H,8-10,18-24,26,29,32-35H2,1-7H3,(H,68,84)(H,72,83)(H,73,81)/t37-,38+,45-,52+,56-/m1/s1. The maximum Gasteiger partial charge on any atom is 0.417 e. The number of β-amino-alcohol motifs (C(OH)–C–C–N with tert-alkyl or cyclic N) is 1. The van der Waals surface area contributed by atoms with E-state index in [0.717, 1.165) is 39.4 Å². The Bertz CT molecular complexity index is 3300. The minimum absolute atomic E-state index is 0.00969. The van der Waals surface area contributed by atoms with E-state index in [1.54, 1.807) is 34.1 Å². The molecule has 4 N–H and O–H groups in total. The Morgan fingerprint density at radius 3 is 2.16 bits per heavy atom. The lowest BCUT2D eigenvalue weighted by atomic mass is 9.85. The topological polar surface area (TPSA) is 200 Å². The molecule has 0 bridgehead atoms. The van der Waals surface area contributed by atoms with Gasteiger partial charge in [0.05, 0.1) is 44.7 Å². The fourth-order valence-corrected chi connectivity index (χ4v) is 12.4. The molecule has 4 aliphatic heterocycles. The number of carbonyl (C=O) groups is 5. The third kappa shape index (κ3) is 15.0. The van der Waals surface area contributed by atoms with Crippen molar-refractivity contribution in [3.05, 3.63) is 124 Å². The monoisotopic (exact) mass is 1210 g/mol.